The minimum Gasteiger partial charge on any atom is -0.304 e. The lowest BCUT2D eigenvalue weighted by molar-refractivity contribution is 0.201. The van der Waals surface area contributed by atoms with Gasteiger partial charge in [0.1, 0.15) is 4.90 Å². The molecule has 8 nitrogen and oxygen atoms in total. The van der Waals surface area contributed by atoms with Gasteiger partial charge in [-0.15, -0.1) is 0 Å². The summed E-state index contributed by atoms with van der Waals surface area (Å²) in [6.45, 7) is 2.80. The fraction of sp³-hybridized carbons (Fsp3) is 0.600. The Morgan fingerprint density at radius 1 is 0.769 bits per heavy atom. The lowest BCUT2D eigenvalue weighted by Crippen LogP contribution is -2.57. The normalized spacial score (nSPS) is 22.5. The third-order valence-electron chi connectivity index (χ3n) is 4.77. The molecule has 0 unspecified atom stereocenters. The second-order valence-corrected chi connectivity index (χ2v) is 10.7. The molecule has 11 heteroatoms. The third kappa shape index (κ3) is 3.91. The summed E-state index contributed by atoms with van der Waals surface area (Å²) < 4.78 is 55.2. The number of benzene rings is 1. The molecule has 0 saturated carbocycles. The molecule has 1 aromatic carbocycles. The Kier molecular flexibility index (Phi) is 5.92. The van der Waals surface area contributed by atoms with Crippen molar-refractivity contribution in [1.29, 1.82) is 0 Å². The van der Waals surface area contributed by atoms with Crippen molar-refractivity contribution in [1.82, 2.24) is 17.8 Å². The van der Waals surface area contributed by atoms with Gasteiger partial charge in [-0.05, 0) is 19.2 Å². The smallest absolute Gasteiger partial charge is 0.282 e. The molecule has 146 valence electrons. The number of piperazine rings is 2. The van der Waals surface area contributed by atoms with Gasteiger partial charge in [0.15, 0.2) is 0 Å². The number of sulfonamides is 1. The number of rotatable bonds is 4. The van der Waals surface area contributed by atoms with Crippen molar-refractivity contribution >= 4 is 31.8 Å². The zero-order valence-electron chi connectivity index (χ0n) is 14.6. The molecule has 2 heterocycles. The van der Waals surface area contributed by atoms with Crippen LogP contribution in [0.3, 0.4) is 0 Å². The van der Waals surface area contributed by atoms with E-state index in [1.54, 1.807) is 12.1 Å². The molecule has 0 aliphatic carbocycles. The molecule has 2 aliphatic rings. The van der Waals surface area contributed by atoms with Crippen LogP contribution in [-0.2, 0) is 20.2 Å². The van der Waals surface area contributed by atoms with Gasteiger partial charge in [0.2, 0.25) is 10.0 Å². The number of halogens is 1. The first kappa shape index (κ1) is 20.0. The number of hydrogen-bond donors (Lipinski definition) is 0. The highest BCUT2D eigenvalue weighted by atomic mass is 35.5. The van der Waals surface area contributed by atoms with Crippen LogP contribution in [0.1, 0.15) is 0 Å². The molecule has 0 amide bonds. The van der Waals surface area contributed by atoms with Crippen LogP contribution >= 0.6 is 11.6 Å². The molecule has 26 heavy (non-hydrogen) atoms. The van der Waals surface area contributed by atoms with Crippen LogP contribution in [-0.4, -0.2) is 94.1 Å². The van der Waals surface area contributed by atoms with Gasteiger partial charge in [-0.2, -0.15) is 21.3 Å². The predicted octanol–water partition coefficient (Wildman–Crippen LogP) is 0.139. The van der Waals surface area contributed by atoms with E-state index in [0.717, 1.165) is 0 Å². The van der Waals surface area contributed by atoms with Crippen LogP contribution < -0.4 is 0 Å². The van der Waals surface area contributed by atoms with Gasteiger partial charge < -0.3 is 4.90 Å². The summed E-state index contributed by atoms with van der Waals surface area (Å²) in [5, 5.41) is 0.167. The first-order valence-corrected chi connectivity index (χ1v) is 11.6. The Labute approximate surface area is 160 Å². The maximum atomic E-state index is 12.8. The quantitative estimate of drug-likeness (QED) is 0.689. The number of nitrogens with zero attached hydrogens (tertiary/aromatic N) is 4. The van der Waals surface area contributed by atoms with E-state index >= 15 is 0 Å². The molecule has 0 N–H and O–H groups in total. The van der Waals surface area contributed by atoms with Crippen LogP contribution in [0, 0.1) is 0 Å². The lowest BCUT2D eigenvalue weighted by atomic mass is 10.4. The van der Waals surface area contributed by atoms with Crippen LogP contribution in [0.25, 0.3) is 0 Å². The van der Waals surface area contributed by atoms with Crippen LogP contribution in [0.5, 0.6) is 0 Å². The van der Waals surface area contributed by atoms with E-state index in [-0.39, 0.29) is 36.1 Å². The molecule has 2 fully saturated rings. The van der Waals surface area contributed by atoms with E-state index < -0.39 is 20.2 Å². The van der Waals surface area contributed by atoms with Gasteiger partial charge in [-0.25, -0.2) is 8.42 Å². The fourth-order valence-electron chi connectivity index (χ4n) is 3.12. The molecule has 0 radical (unpaired) electrons. The van der Waals surface area contributed by atoms with Crippen molar-refractivity contribution in [2.24, 2.45) is 0 Å². The Balaban J connectivity index is 1.68. The van der Waals surface area contributed by atoms with E-state index in [0.29, 0.717) is 26.2 Å². The SMILES string of the molecule is CN1CCN(S(=O)(=O)N2CCN(S(=O)(=O)c3ccccc3Cl)CC2)CC1. The Morgan fingerprint density at radius 2 is 1.23 bits per heavy atom. The summed E-state index contributed by atoms with van der Waals surface area (Å²) >= 11 is 6.02. The van der Waals surface area contributed by atoms with Crippen molar-refractivity contribution in [2.45, 2.75) is 4.90 Å². The van der Waals surface area contributed by atoms with Gasteiger partial charge in [-0.3, -0.25) is 0 Å². The standard InChI is InChI=1S/C15H23ClN4O4S2/c1-17-6-8-19(9-7-17)26(23,24)20-12-10-18(11-13-20)25(21,22)15-5-3-2-4-14(15)16/h2-5H,6-13H2,1H3. The predicted molar refractivity (Wildman–Crippen MR) is 99.8 cm³/mol. The maximum absolute atomic E-state index is 12.8. The molecule has 0 atom stereocenters. The van der Waals surface area contributed by atoms with E-state index in [9.17, 15) is 16.8 Å². The molecule has 0 aromatic heterocycles. The van der Waals surface area contributed by atoms with Crippen molar-refractivity contribution < 1.29 is 16.8 Å². The Morgan fingerprint density at radius 3 is 1.77 bits per heavy atom. The third-order valence-corrected chi connectivity index (χ3v) is 9.20. The molecular weight excluding hydrogens is 400 g/mol. The second kappa shape index (κ2) is 7.70. The minimum atomic E-state index is -3.73. The molecule has 0 spiro atoms. The van der Waals surface area contributed by atoms with Crippen LogP contribution in [0.2, 0.25) is 5.02 Å². The highest BCUT2D eigenvalue weighted by Gasteiger charge is 2.37. The molecule has 2 aliphatic heterocycles. The largest absolute Gasteiger partial charge is 0.304 e. The fourth-order valence-corrected chi connectivity index (χ4v) is 6.61. The zero-order chi connectivity index (χ0) is 18.9. The summed E-state index contributed by atoms with van der Waals surface area (Å²) in [4.78, 5) is 2.14. The van der Waals surface area contributed by atoms with Crippen molar-refractivity contribution in [3.63, 3.8) is 0 Å². The molecule has 3 rings (SSSR count). The van der Waals surface area contributed by atoms with Crippen molar-refractivity contribution in [3.8, 4) is 0 Å². The van der Waals surface area contributed by atoms with Crippen molar-refractivity contribution in [2.75, 3.05) is 59.4 Å². The highest BCUT2D eigenvalue weighted by molar-refractivity contribution is 7.89. The average molecular weight is 423 g/mol. The van der Waals surface area contributed by atoms with Gasteiger partial charge >= 0.3 is 0 Å². The first-order valence-electron chi connectivity index (χ1n) is 8.41. The molecular formula is C15H23ClN4O4S2. The van der Waals surface area contributed by atoms with Crippen LogP contribution in [0.4, 0.5) is 0 Å². The number of hydrogen-bond acceptors (Lipinski definition) is 5. The van der Waals surface area contributed by atoms with E-state index in [1.165, 1.54) is 25.0 Å². The van der Waals surface area contributed by atoms with E-state index in [2.05, 4.69) is 4.90 Å². The van der Waals surface area contributed by atoms with E-state index in [4.69, 9.17) is 11.6 Å². The minimum absolute atomic E-state index is 0.0528. The Bertz CT molecular complexity index is 846. The monoisotopic (exact) mass is 422 g/mol. The summed E-state index contributed by atoms with van der Waals surface area (Å²) in [7, 11) is -5.33. The highest BCUT2D eigenvalue weighted by Crippen LogP contribution is 2.25. The second-order valence-electron chi connectivity index (χ2n) is 6.44. The first-order chi connectivity index (χ1) is 12.2. The zero-order valence-corrected chi connectivity index (χ0v) is 17.0. The molecule has 0 bridgehead atoms. The Hall–Kier alpha value is -0.750. The van der Waals surface area contributed by atoms with Gasteiger partial charge in [0, 0.05) is 52.4 Å². The van der Waals surface area contributed by atoms with Crippen LogP contribution in [0.15, 0.2) is 29.2 Å². The average Bonchev–Trinajstić information content (AvgIpc) is 2.62. The molecule has 1 aromatic rings. The van der Waals surface area contributed by atoms with Crippen molar-refractivity contribution in [3.05, 3.63) is 29.3 Å². The summed E-state index contributed by atoms with van der Waals surface area (Å²) in [6, 6.07) is 6.28. The van der Waals surface area contributed by atoms with Gasteiger partial charge in [0.05, 0.1) is 5.02 Å². The maximum Gasteiger partial charge on any atom is 0.282 e. The summed E-state index contributed by atoms with van der Waals surface area (Å²) in [5.74, 6) is 0. The van der Waals surface area contributed by atoms with E-state index in [1.807, 2.05) is 7.05 Å². The van der Waals surface area contributed by atoms with Gasteiger partial charge in [0.25, 0.3) is 10.2 Å². The summed E-state index contributed by atoms with van der Waals surface area (Å²) in [6.07, 6.45) is 0. The lowest BCUT2D eigenvalue weighted by Gasteiger charge is -2.38. The molecule has 2 saturated heterocycles. The topological polar surface area (TPSA) is 81.2 Å². The summed E-state index contributed by atoms with van der Waals surface area (Å²) in [5.41, 5.74) is 0. The number of likely N-dealkylation sites (N-methyl/N-ethyl adjacent to an activating group) is 1. The van der Waals surface area contributed by atoms with Gasteiger partial charge in [-0.1, -0.05) is 23.7 Å².